The van der Waals surface area contributed by atoms with Gasteiger partial charge in [0.25, 0.3) is 0 Å². The summed E-state index contributed by atoms with van der Waals surface area (Å²) in [5.41, 5.74) is 1.33. The largest absolute Gasteiger partial charge is 0.0996 e. The molecule has 0 spiro atoms. The van der Waals surface area contributed by atoms with Gasteiger partial charge in [-0.15, -0.1) is 0 Å². The third kappa shape index (κ3) is 9.78. The molecule has 0 aromatic rings. The average molecular weight is 208 g/mol. The van der Waals surface area contributed by atoms with Gasteiger partial charge in [-0.3, -0.25) is 0 Å². The van der Waals surface area contributed by atoms with Crippen LogP contribution in [0.3, 0.4) is 0 Å². The van der Waals surface area contributed by atoms with E-state index in [1.165, 1.54) is 24.8 Å². The summed E-state index contributed by atoms with van der Waals surface area (Å²) in [5, 5.41) is 0. The molecule has 0 aliphatic rings. The zero-order chi connectivity index (χ0) is 11.7. The van der Waals surface area contributed by atoms with Crippen molar-refractivity contribution in [2.75, 3.05) is 0 Å². The minimum Gasteiger partial charge on any atom is -0.0996 e. The van der Waals surface area contributed by atoms with Gasteiger partial charge < -0.3 is 0 Å². The maximum absolute atomic E-state index is 3.99. The molecule has 0 heteroatoms. The SMILES string of the molecule is C=C(CC)CC=CCCC(C)CC(C)C. The van der Waals surface area contributed by atoms with Crippen LogP contribution < -0.4 is 0 Å². The molecule has 0 bridgehead atoms. The van der Waals surface area contributed by atoms with Crippen molar-refractivity contribution in [3.05, 3.63) is 24.3 Å². The molecule has 0 aliphatic heterocycles. The monoisotopic (exact) mass is 208 g/mol. The molecule has 0 amide bonds. The number of hydrogen-bond donors (Lipinski definition) is 0. The highest BCUT2D eigenvalue weighted by molar-refractivity contribution is 5.01. The van der Waals surface area contributed by atoms with E-state index in [4.69, 9.17) is 0 Å². The second-order valence-electron chi connectivity index (χ2n) is 5.09. The van der Waals surface area contributed by atoms with Gasteiger partial charge in [-0.1, -0.05) is 52.0 Å². The summed E-state index contributed by atoms with van der Waals surface area (Å²) in [7, 11) is 0. The van der Waals surface area contributed by atoms with E-state index in [0.29, 0.717) is 0 Å². The Balaban J connectivity index is 3.48. The molecule has 0 heterocycles. The van der Waals surface area contributed by atoms with Crippen LogP contribution in [0.4, 0.5) is 0 Å². The van der Waals surface area contributed by atoms with Crippen LogP contribution in [-0.2, 0) is 0 Å². The van der Waals surface area contributed by atoms with Gasteiger partial charge in [-0.2, -0.15) is 0 Å². The van der Waals surface area contributed by atoms with Gasteiger partial charge in [0.1, 0.15) is 0 Å². The quantitative estimate of drug-likeness (QED) is 0.471. The fourth-order valence-electron chi connectivity index (χ4n) is 1.82. The highest BCUT2D eigenvalue weighted by Gasteiger charge is 2.03. The summed E-state index contributed by atoms with van der Waals surface area (Å²) in [6.45, 7) is 13.1. The first kappa shape index (κ1) is 14.5. The first-order valence-electron chi connectivity index (χ1n) is 6.37. The van der Waals surface area contributed by atoms with E-state index in [2.05, 4.69) is 46.4 Å². The Labute approximate surface area is 96.5 Å². The zero-order valence-corrected chi connectivity index (χ0v) is 11.1. The molecular formula is C15H28. The Kier molecular flexibility index (Phi) is 8.46. The summed E-state index contributed by atoms with van der Waals surface area (Å²) in [5.74, 6) is 1.70. The Morgan fingerprint density at radius 3 is 2.40 bits per heavy atom. The standard InChI is InChI=1S/C15H28/c1-6-14(4)10-8-7-9-11-15(5)12-13(2)3/h7-8,13,15H,4,6,9-12H2,1-3,5H3. The van der Waals surface area contributed by atoms with Crippen molar-refractivity contribution >= 4 is 0 Å². The summed E-state index contributed by atoms with van der Waals surface area (Å²) in [6.07, 6.45) is 10.7. The molecule has 0 radical (unpaired) electrons. The van der Waals surface area contributed by atoms with E-state index in [0.717, 1.165) is 24.7 Å². The van der Waals surface area contributed by atoms with Crippen molar-refractivity contribution in [1.29, 1.82) is 0 Å². The molecule has 0 aromatic heterocycles. The first-order chi connectivity index (χ1) is 7.06. The summed E-state index contributed by atoms with van der Waals surface area (Å²) in [6, 6.07) is 0. The van der Waals surface area contributed by atoms with Crippen molar-refractivity contribution < 1.29 is 0 Å². The van der Waals surface area contributed by atoms with Crippen molar-refractivity contribution in [3.63, 3.8) is 0 Å². The van der Waals surface area contributed by atoms with Crippen LogP contribution in [0.15, 0.2) is 24.3 Å². The molecule has 0 N–H and O–H groups in total. The topological polar surface area (TPSA) is 0 Å². The van der Waals surface area contributed by atoms with Crippen molar-refractivity contribution in [2.45, 2.75) is 59.8 Å². The molecule has 0 saturated carbocycles. The molecule has 0 saturated heterocycles. The van der Waals surface area contributed by atoms with E-state index >= 15 is 0 Å². The maximum Gasteiger partial charge on any atom is -0.0142 e. The molecule has 0 aromatic carbocycles. The molecule has 1 atom stereocenters. The van der Waals surface area contributed by atoms with Crippen LogP contribution in [-0.4, -0.2) is 0 Å². The molecule has 0 nitrogen and oxygen atoms in total. The first-order valence-corrected chi connectivity index (χ1v) is 6.37. The molecule has 15 heavy (non-hydrogen) atoms. The fourth-order valence-corrected chi connectivity index (χ4v) is 1.82. The van der Waals surface area contributed by atoms with Gasteiger partial charge in [-0.05, 0) is 43.9 Å². The second-order valence-corrected chi connectivity index (χ2v) is 5.09. The zero-order valence-electron chi connectivity index (χ0n) is 11.1. The normalized spacial score (nSPS) is 13.7. The third-order valence-corrected chi connectivity index (χ3v) is 2.77. The highest BCUT2D eigenvalue weighted by atomic mass is 14.1. The average Bonchev–Trinajstić information content (AvgIpc) is 2.15. The maximum atomic E-state index is 3.99. The minimum absolute atomic E-state index is 0.837. The molecule has 1 unspecified atom stereocenters. The lowest BCUT2D eigenvalue weighted by atomic mass is 9.94. The summed E-state index contributed by atoms with van der Waals surface area (Å²) >= 11 is 0. The molecule has 88 valence electrons. The van der Waals surface area contributed by atoms with Crippen LogP contribution >= 0.6 is 0 Å². The van der Waals surface area contributed by atoms with E-state index in [9.17, 15) is 0 Å². The third-order valence-electron chi connectivity index (χ3n) is 2.77. The van der Waals surface area contributed by atoms with E-state index in [-0.39, 0.29) is 0 Å². The Bertz CT molecular complexity index is 186. The van der Waals surface area contributed by atoms with Gasteiger partial charge in [0.15, 0.2) is 0 Å². The van der Waals surface area contributed by atoms with Crippen LogP contribution in [0, 0.1) is 11.8 Å². The smallest absolute Gasteiger partial charge is 0.0142 e. The lowest BCUT2D eigenvalue weighted by Gasteiger charge is -2.12. The van der Waals surface area contributed by atoms with Gasteiger partial charge in [0.05, 0.1) is 0 Å². The van der Waals surface area contributed by atoms with Gasteiger partial charge >= 0.3 is 0 Å². The molecule has 0 aliphatic carbocycles. The molecule has 0 fully saturated rings. The van der Waals surface area contributed by atoms with Crippen LogP contribution in [0.5, 0.6) is 0 Å². The predicted molar refractivity (Wildman–Crippen MR) is 71.0 cm³/mol. The summed E-state index contributed by atoms with van der Waals surface area (Å²) in [4.78, 5) is 0. The Morgan fingerprint density at radius 1 is 1.20 bits per heavy atom. The molecular weight excluding hydrogens is 180 g/mol. The predicted octanol–water partition coefficient (Wildman–Crippen LogP) is 5.36. The summed E-state index contributed by atoms with van der Waals surface area (Å²) < 4.78 is 0. The van der Waals surface area contributed by atoms with Crippen LogP contribution in [0.2, 0.25) is 0 Å². The van der Waals surface area contributed by atoms with Crippen molar-refractivity contribution in [1.82, 2.24) is 0 Å². The van der Waals surface area contributed by atoms with E-state index < -0.39 is 0 Å². The second kappa shape index (κ2) is 8.76. The van der Waals surface area contributed by atoms with E-state index in [1.54, 1.807) is 0 Å². The fraction of sp³-hybridized carbons (Fsp3) is 0.733. The van der Waals surface area contributed by atoms with Gasteiger partial charge in [0, 0.05) is 0 Å². The lowest BCUT2D eigenvalue weighted by Crippen LogP contribution is -1.99. The minimum atomic E-state index is 0.837. The van der Waals surface area contributed by atoms with Crippen LogP contribution in [0.1, 0.15) is 59.8 Å². The molecule has 0 rings (SSSR count). The number of allylic oxidation sites excluding steroid dienone is 3. The van der Waals surface area contributed by atoms with Crippen LogP contribution in [0.25, 0.3) is 0 Å². The lowest BCUT2D eigenvalue weighted by molar-refractivity contribution is 0.418. The highest BCUT2D eigenvalue weighted by Crippen LogP contribution is 2.16. The van der Waals surface area contributed by atoms with Gasteiger partial charge in [-0.25, -0.2) is 0 Å². The van der Waals surface area contributed by atoms with Crippen molar-refractivity contribution in [3.8, 4) is 0 Å². The van der Waals surface area contributed by atoms with E-state index in [1.807, 2.05) is 0 Å². The van der Waals surface area contributed by atoms with Gasteiger partial charge in [0.2, 0.25) is 0 Å². The van der Waals surface area contributed by atoms with Crippen molar-refractivity contribution in [2.24, 2.45) is 11.8 Å². The Morgan fingerprint density at radius 2 is 1.87 bits per heavy atom. The Hall–Kier alpha value is -0.520. The number of hydrogen-bond acceptors (Lipinski definition) is 0. The number of rotatable bonds is 8.